The van der Waals surface area contributed by atoms with Gasteiger partial charge in [-0.25, -0.2) is 10.2 Å². The van der Waals surface area contributed by atoms with E-state index in [2.05, 4.69) is 15.8 Å². The number of hydrazone groups is 1. The maximum absolute atomic E-state index is 12.0. The van der Waals surface area contributed by atoms with Gasteiger partial charge < -0.3 is 19.5 Å². The average molecular weight is 440 g/mol. The fourth-order valence-electron chi connectivity index (χ4n) is 3.64. The van der Waals surface area contributed by atoms with Crippen molar-refractivity contribution in [3.8, 4) is 17.2 Å². The van der Waals surface area contributed by atoms with Gasteiger partial charge in [0.05, 0.1) is 12.8 Å². The number of carbonyl (C=O) groups is 1. The van der Waals surface area contributed by atoms with Gasteiger partial charge in [0.1, 0.15) is 19.0 Å². The number of nitrogens with zero attached hydrogens (tertiary/aromatic N) is 1. The van der Waals surface area contributed by atoms with Crippen LogP contribution in [-0.4, -0.2) is 38.1 Å². The first-order valence-corrected chi connectivity index (χ1v) is 11.3. The standard InChI is InChI=1S/C25H33N3O4/c1-3-30-24-17-20(18-26-28-25(29)27-21-9-5-4-6-10-21)12-13-23(24)32-15-14-31-22-11-7-8-19(2)16-22/h7-8,11-13,16-18,21H,3-6,9-10,14-15H2,1-2H3,(H2,27,28,29)/b26-18+. The molecule has 7 nitrogen and oxygen atoms in total. The molecule has 0 spiro atoms. The van der Waals surface area contributed by atoms with Crippen molar-refractivity contribution in [3.63, 3.8) is 0 Å². The molecule has 2 N–H and O–H groups in total. The molecule has 0 unspecified atom stereocenters. The minimum Gasteiger partial charge on any atom is -0.490 e. The molecule has 0 aliphatic heterocycles. The molecule has 2 amide bonds. The molecule has 1 fully saturated rings. The van der Waals surface area contributed by atoms with Gasteiger partial charge in [0.25, 0.3) is 0 Å². The zero-order chi connectivity index (χ0) is 22.6. The van der Waals surface area contributed by atoms with Crippen LogP contribution >= 0.6 is 0 Å². The van der Waals surface area contributed by atoms with Crippen LogP contribution in [0.5, 0.6) is 17.2 Å². The number of urea groups is 1. The SMILES string of the molecule is CCOc1cc(/C=N/NC(=O)NC2CCCCC2)ccc1OCCOc1cccc(C)c1. The quantitative estimate of drug-likeness (QED) is 0.316. The predicted octanol–water partition coefficient (Wildman–Crippen LogP) is 4.82. The van der Waals surface area contributed by atoms with Crippen LogP contribution < -0.4 is 25.0 Å². The number of hydrogen-bond donors (Lipinski definition) is 2. The second kappa shape index (κ2) is 12.6. The Morgan fingerprint density at radius 1 is 1.03 bits per heavy atom. The highest BCUT2D eigenvalue weighted by Gasteiger charge is 2.15. The van der Waals surface area contributed by atoms with Crippen molar-refractivity contribution in [2.24, 2.45) is 5.10 Å². The minimum absolute atomic E-state index is 0.245. The lowest BCUT2D eigenvalue weighted by Gasteiger charge is -2.22. The highest BCUT2D eigenvalue weighted by atomic mass is 16.5. The average Bonchev–Trinajstić information content (AvgIpc) is 2.79. The highest BCUT2D eigenvalue weighted by molar-refractivity contribution is 5.82. The van der Waals surface area contributed by atoms with Crippen molar-refractivity contribution in [3.05, 3.63) is 53.6 Å². The number of ether oxygens (including phenoxy) is 3. The molecule has 1 aliphatic carbocycles. The number of nitrogens with one attached hydrogen (secondary N) is 2. The fraction of sp³-hybridized carbons (Fsp3) is 0.440. The van der Waals surface area contributed by atoms with Gasteiger partial charge in [0.2, 0.25) is 0 Å². The number of amides is 2. The van der Waals surface area contributed by atoms with Crippen LogP contribution in [0.25, 0.3) is 0 Å². The molecule has 0 heterocycles. The monoisotopic (exact) mass is 439 g/mol. The number of rotatable bonds is 10. The van der Waals surface area contributed by atoms with Crippen LogP contribution in [0.15, 0.2) is 47.6 Å². The van der Waals surface area contributed by atoms with E-state index in [1.54, 1.807) is 6.21 Å². The van der Waals surface area contributed by atoms with Crippen LogP contribution in [0.1, 0.15) is 50.2 Å². The lowest BCUT2D eigenvalue weighted by molar-refractivity contribution is 0.208. The summed E-state index contributed by atoms with van der Waals surface area (Å²) in [4.78, 5) is 12.0. The topological polar surface area (TPSA) is 81.2 Å². The van der Waals surface area contributed by atoms with Gasteiger partial charge in [-0.2, -0.15) is 5.10 Å². The van der Waals surface area contributed by atoms with Crippen molar-refractivity contribution >= 4 is 12.2 Å². The van der Waals surface area contributed by atoms with E-state index in [9.17, 15) is 4.79 Å². The molecular formula is C25H33N3O4. The zero-order valence-corrected chi connectivity index (χ0v) is 18.9. The van der Waals surface area contributed by atoms with Crippen molar-refractivity contribution in [2.45, 2.75) is 52.0 Å². The van der Waals surface area contributed by atoms with Gasteiger partial charge in [-0.15, -0.1) is 0 Å². The van der Waals surface area contributed by atoms with E-state index in [0.29, 0.717) is 31.3 Å². The Kier molecular flexibility index (Phi) is 9.22. The second-order valence-corrected chi connectivity index (χ2v) is 7.83. The zero-order valence-electron chi connectivity index (χ0n) is 18.9. The highest BCUT2D eigenvalue weighted by Crippen LogP contribution is 2.28. The number of aryl methyl sites for hydroxylation is 1. The largest absolute Gasteiger partial charge is 0.490 e. The third-order valence-electron chi connectivity index (χ3n) is 5.19. The van der Waals surface area contributed by atoms with Gasteiger partial charge in [0.15, 0.2) is 11.5 Å². The molecule has 2 aromatic carbocycles. The molecule has 0 atom stereocenters. The summed E-state index contributed by atoms with van der Waals surface area (Å²) in [5, 5.41) is 7.02. The summed E-state index contributed by atoms with van der Waals surface area (Å²) >= 11 is 0. The van der Waals surface area contributed by atoms with Gasteiger partial charge in [-0.3, -0.25) is 0 Å². The summed E-state index contributed by atoms with van der Waals surface area (Å²) in [5.74, 6) is 2.09. The summed E-state index contributed by atoms with van der Waals surface area (Å²) in [6, 6.07) is 13.4. The van der Waals surface area contributed by atoms with Crippen LogP contribution in [-0.2, 0) is 0 Å². The van der Waals surface area contributed by atoms with Crippen molar-refractivity contribution < 1.29 is 19.0 Å². The number of benzene rings is 2. The molecule has 0 aromatic heterocycles. The summed E-state index contributed by atoms with van der Waals surface area (Å²) < 4.78 is 17.3. The van der Waals surface area contributed by atoms with Gasteiger partial charge in [-0.1, -0.05) is 31.4 Å². The summed E-state index contributed by atoms with van der Waals surface area (Å²) in [5.41, 5.74) is 4.49. The summed E-state index contributed by atoms with van der Waals surface area (Å²) in [6.07, 6.45) is 7.24. The van der Waals surface area contributed by atoms with Gasteiger partial charge >= 0.3 is 6.03 Å². The third-order valence-corrected chi connectivity index (χ3v) is 5.19. The van der Waals surface area contributed by atoms with Crippen molar-refractivity contribution in [1.82, 2.24) is 10.7 Å². The Labute approximate surface area is 190 Å². The lowest BCUT2D eigenvalue weighted by atomic mass is 9.96. The normalized spacial score (nSPS) is 14.2. The maximum atomic E-state index is 12.0. The fourth-order valence-corrected chi connectivity index (χ4v) is 3.64. The smallest absolute Gasteiger partial charge is 0.335 e. The molecule has 0 bridgehead atoms. The number of carbonyl (C=O) groups excluding carboxylic acids is 1. The van der Waals surface area contributed by atoms with Crippen molar-refractivity contribution in [2.75, 3.05) is 19.8 Å². The molecule has 1 aliphatic rings. The van der Waals surface area contributed by atoms with E-state index in [4.69, 9.17) is 14.2 Å². The van der Waals surface area contributed by atoms with Gasteiger partial charge in [0, 0.05) is 6.04 Å². The van der Waals surface area contributed by atoms with E-state index in [0.717, 1.165) is 29.7 Å². The molecule has 7 heteroatoms. The van der Waals surface area contributed by atoms with Crippen LogP contribution in [0.2, 0.25) is 0 Å². The summed E-state index contributed by atoms with van der Waals surface area (Å²) in [6.45, 7) is 5.28. The molecule has 3 rings (SSSR count). The minimum atomic E-state index is -0.272. The lowest BCUT2D eigenvalue weighted by Crippen LogP contribution is -2.41. The second-order valence-electron chi connectivity index (χ2n) is 7.83. The third kappa shape index (κ3) is 7.80. The summed E-state index contributed by atoms with van der Waals surface area (Å²) in [7, 11) is 0. The van der Waals surface area contributed by atoms with Crippen LogP contribution in [0, 0.1) is 6.92 Å². The van der Waals surface area contributed by atoms with Crippen molar-refractivity contribution in [1.29, 1.82) is 0 Å². The molecule has 32 heavy (non-hydrogen) atoms. The van der Waals surface area contributed by atoms with E-state index in [1.807, 2.05) is 56.3 Å². The van der Waals surface area contributed by atoms with Crippen LogP contribution in [0.3, 0.4) is 0 Å². The number of hydrogen-bond acceptors (Lipinski definition) is 5. The van der Waals surface area contributed by atoms with E-state index < -0.39 is 0 Å². The Morgan fingerprint density at radius 3 is 2.62 bits per heavy atom. The Morgan fingerprint density at radius 2 is 1.84 bits per heavy atom. The first-order chi connectivity index (χ1) is 15.6. The maximum Gasteiger partial charge on any atom is 0.335 e. The molecule has 0 saturated heterocycles. The first kappa shape index (κ1) is 23.4. The molecule has 0 radical (unpaired) electrons. The Hall–Kier alpha value is -3.22. The molecular weight excluding hydrogens is 406 g/mol. The predicted molar refractivity (Wildman–Crippen MR) is 126 cm³/mol. The Balaban J connectivity index is 1.48. The molecule has 2 aromatic rings. The van der Waals surface area contributed by atoms with E-state index in [-0.39, 0.29) is 12.1 Å². The van der Waals surface area contributed by atoms with E-state index >= 15 is 0 Å². The van der Waals surface area contributed by atoms with Crippen LogP contribution in [0.4, 0.5) is 4.79 Å². The molecule has 172 valence electrons. The van der Waals surface area contributed by atoms with E-state index in [1.165, 1.54) is 19.3 Å². The molecule has 1 saturated carbocycles. The Bertz CT molecular complexity index is 895. The van der Waals surface area contributed by atoms with Gasteiger partial charge in [-0.05, 0) is 68.1 Å². The first-order valence-electron chi connectivity index (χ1n) is 11.3.